The molecule has 0 bridgehead atoms. The first kappa shape index (κ1) is 25.6. The number of aliphatic hydroxyl groups is 1. The summed E-state index contributed by atoms with van der Waals surface area (Å²) in [5, 5.41) is 21.6. The van der Waals surface area contributed by atoms with Crippen molar-refractivity contribution in [3.63, 3.8) is 0 Å². The van der Waals surface area contributed by atoms with E-state index < -0.39 is 17.7 Å². The van der Waals surface area contributed by atoms with Gasteiger partial charge in [0, 0.05) is 25.1 Å². The Labute approximate surface area is 211 Å². The van der Waals surface area contributed by atoms with Gasteiger partial charge in [0.05, 0.1) is 18.2 Å². The minimum absolute atomic E-state index is 0.0274. The third-order valence-electron chi connectivity index (χ3n) is 6.86. The number of phenols is 1. The monoisotopic (exact) mass is 494 g/mol. The van der Waals surface area contributed by atoms with Crippen LogP contribution in [0.15, 0.2) is 42.0 Å². The molecule has 0 spiro atoms. The molecule has 36 heavy (non-hydrogen) atoms. The number of hydrogen-bond donors (Lipinski definition) is 2. The first-order chi connectivity index (χ1) is 17.3. The van der Waals surface area contributed by atoms with Crippen molar-refractivity contribution >= 4 is 17.4 Å². The molecular formula is C28H34N2O6. The van der Waals surface area contributed by atoms with Gasteiger partial charge < -0.3 is 29.5 Å². The molecule has 0 aliphatic carbocycles. The van der Waals surface area contributed by atoms with E-state index in [9.17, 15) is 19.8 Å². The normalized spacial score (nSPS) is 20.6. The van der Waals surface area contributed by atoms with Crippen molar-refractivity contribution in [3.8, 4) is 17.2 Å². The van der Waals surface area contributed by atoms with Crippen LogP contribution in [0.4, 0.5) is 0 Å². The minimum Gasteiger partial charge on any atom is -0.507 e. The lowest BCUT2D eigenvalue weighted by Gasteiger charge is -2.28. The number of ether oxygens (including phenoxy) is 2. The van der Waals surface area contributed by atoms with E-state index in [1.165, 1.54) is 11.0 Å². The zero-order chi connectivity index (χ0) is 26.0. The Hall–Kier alpha value is -3.52. The number of carbonyl (C=O) groups is 2. The maximum Gasteiger partial charge on any atom is 0.295 e. The van der Waals surface area contributed by atoms with Gasteiger partial charge in [-0.15, -0.1) is 0 Å². The Morgan fingerprint density at radius 3 is 2.58 bits per heavy atom. The molecule has 1 fully saturated rings. The van der Waals surface area contributed by atoms with Crippen LogP contribution in [0, 0.1) is 0 Å². The Morgan fingerprint density at radius 1 is 1.14 bits per heavy atom. The van der Waals surface area contributed by atoms with Crippen LogP contribution in [-0.2, 0) is 16.0 Å². The Balaban J connectivity index is 1.81. The van der Waals surface area contributed by atoms with Gasteiger partial charge in [0.15, 0.2) is 11.5 Å². The van der Waals surface area contributed by atoms with E-state index in [0.717, 1.165) is 24.4 Å². The van der Waals surface area contributed by atoms with Crippen LogP contribution in [0.1, 0.15) is 50.4 Å². The van der Waals surface area contributed by atoms with E-state index in [0.29, 0.717) is 37.2 Å². The number of nitrogens with zero attached hydrogens (tertiary/aromatic N) is 2. The van der Waals surface area contributed by atoms with Crippen molar-refractivity contribution in [1.29, 1.82) is 0 Å². The fourth-order valence-corrected chi connectivity index (χ4v) is 4.94. The summed E-state index contributed by atoms with van der Waals surface area (Å²) in [5.41, 5.74) is 2.01. The van der Waals surface area contributed by atoms with Crippen LogP contribution in [0.5, 0.6) is 17.2 Å². The largest absolute Gasteiger partial charge is 0.507 e. The lowest BCUT2D eigenvalue weighted by Crippen LogP contribution is -2.38. The lowest BCUT2D eigenvalue weighted by molar-refractivity contribution is -0.140. The second kappa shape index (κ2) is 10.6. The molecule has 2 heterocycles. The molecule has 2 aliphatic heterocycles. The number of likely N-dealkylation sites (N-methyl/N-ethyl adjacent to an activating group) is 1. The fourth-order valence-electron chi connectivity index (χ4n) is 4.94. The third kappa shape index (κ3) is 4.78. The summed E-state index contributed by atoms with van der Waals surface area (Å²) < 4.78 is 11.3. The van der Waals surface area contributed by atoms with E-state index in [2.05, 4.69) is 4.90 Å². The molecule has 8 nitrogen and oxygen atoms in total. The van der Waals surface area contributed by atoms with Crippen LogP contribution in [0.2, 0.25) is 0 Å². The zero-order valence-electron chi connectivity index (χ0n) is 21.3. The van der Waals surface area contributed by atoms with Gasteiger partial charge >= 0.3 is 0 Å². The maximum atomic E-state index is 13.3. The SMILES string of the molecule is CCOc1cc(C2/C(=C(\O)c3ccc4c(c3)CC(C)O4)C(=O)C(=O)N2CCN(CC)CC)ccc1O. The number of rotatable bonds is 9. The topological polar surface area (TPSA) is 99.5 Å². The van der Waals surface area contributed by atoms with Crippen molar-refractivity contribution in [2.75, 3.05) is 32.8 Å². The van der Waals surface area contributed by atoms with Gasteiger partial charge in [0.25, 0.3) is 11.7 Å². The first-order valence-electron chi connectivity index (χ1n) is 12.5. The summed E-state index contributed by atoms with van der Waals surface area (Å²) in [6.07, 6.45) is 0.741. The summed E-state index contributed by atoms with van der Waals surface area (Å²) in [6, 6.07) is 9.26. The number of carbonyl (C=O) groups excluding carboxylic acids is 2. The van der Waals surface area contributed by atoms with Crippen molar-refractivity contribution in [2.24, 2.45) is 0 Å². The summed E-state index contributed by atoms with van der Waals surface area (Å²) in [5.74, 6) is -0.625. The Kier molecular flexibility index (Phi) is 7.54. The van der Waals surface area contributed by atoms with Crippen molar-refractivity contribution in [1.82, 2.24) is 9.80 Å². The molecule has 8 heteroatoms. The predicted octanol–water partition coefficient (Wildman–Crippen LogP) is 3.88. The van der Waals surface area contributed by atoms with Gasteiger partial charge in [-0.25, -0.2) is 0 Å². The molecule has 2 N–H and O–H groups in total. The fraction of sp³-hybridized carbons (Fsp3) is 0.429. The number of phenolic OH excluding ortho intramolecular Hbond substituents is 1. The number of aromatic hydroxyl groups is 1. The number of aliphatic hydroxyl groups excluding tert-OH is 1. The second-order valence-corrected chi connectivity index (χ2v) is 9.13. The van der Waals surface area contributed by atoms with Gasteiger partial charge in [-0.3, -0.25) is 9.59 Å². The molecule has 2 aromatic rings. The van der Waals surface area contributed by atoms with Crippen LogP contribution in [0.25, 0.3) is 5.76 Å². The highest BCUT2D eigenvalue weighted by molar-refractivity contribution is 6.46. The highest BCUT2D eigenvalue weighted by Gasteiger charge is 2.46. The molecule has 2 aliphatic rings. The maximum absolute atomic E-state index is 13.3. The van der Waals surface area contributed by atoms with Gasteiger partial charge in [-0.1, -0.05) is 19.9 Å². The van der Waals surface area contributed by atoms with Crippen LogP contribution < -0.4 is 9.47 Å². The van der Waals surface area contributed by atoms with Gasteiger partial charge in [-0.05, 0) is 68.4 Å². The van der Waals surface area contributed by atoms with E-state index in [4.69, 9.17) is 9.47 Å². The van der Waals surface area contributed by atoms with Crippen LogP contribution in [0.3, 0.4) is 0 Å². The van der Waals surface area contributed by atoms with Gasteiger partial charge in [0.1, 0.15) is 17.6 Å². The quantitative estimate of drug-likeness (QED) is 0.310. The summed E-state index contributed by atoms with van der Waals surface area (Å²) in [4.78, 5) is 30.3. The van der Waals surface area contributed by atoms with Crippen molar-refractivity contribution in [3.05, 3.63) is 58.7 Å². The van der Waals surface area contributed by atoms with Crippen LogP contribution in [-0.4, -0.2) is 70.6 Å². The highest BCUT2D eigenvalue weighted by Crippen LogP contribution is 2.42. The van der Waals surface area contributed by atoms with E-state index >= 15 is 0 Å². The lowest BCUT2D eigenvalue weighted by atomic mass is 9.94. The van der Waals surface area contributed by atoms with Crippen LogP contribution >= 0.6 is 0 Å². The predicted molar refractivity (Wildman–Crippen MR) is 136 cm³/mol. The molecule has 2 atom stereocenters. The molecule has 2 unspecified atom stereocenters. The summed E-state index contributed by atoms with van der Waals surface area (Å²) in [6.45, 7) is 10.7. The number of likely N-dealkylation sites (tertiary alicyclic amines) is 1. The standard InChI is InChI=1S/C28H34N2O6/c1-5-29(6-2)12-13-30-25(18-8-10-21(31)23(16-18)35-7-3)24(27(33)28(30)34)26(32)19-9-11-22-20(15-19)14-17(4)36-22/h8-11,15-17,25,31-32H,5-7,12-14H2,1-4H3/b26-24+. The molecule has 1 saturated heterocycles. The van der Waals surface area contributed by atoms with Crippen molar-refractivity contribution < 1.29 is 29.3 Å². The van der Waals surface area contributed by atoms with E-state index in [1.54, 1.807) is 31.2 Å². The highest BCUT2D eigenvalue weighted by atomic mass is 16.5. The molecule has 192 valence electrons. The zero-order valence-corrected chi connectivity index (χ0v) is 21.3. The molecular weight excluding hydrogens is 460 g/mol. The average Bonchev–Trinajstić information content (AvgIpc) is 3.36. The first-order valence-corrected chi connectivity index (χ1v) is 12.5. The number of fused-ring (bicyclic) bond motifs is 1. The molecule has 1 amide bonds. The minimum atomic E-state index is -0.816. The molecule has 0 saturated carbocycles. The number of hydrogen-bond acceptors (Lipinski definition) is 7. The Bertz CT molecular complexity index is 1190. The Morgan fingerprint density at radius 2 is 1.89 bits per heavy atom. The van der Waals surface area contributed by atoms with Gasteiger partial charge in [0.2, 0.25) is 0 Å². The molecule has 4 rings (SSSR count). The molecule has 2 aromatic carbocycles. The average molecular weight is 495 g/mol. The van der Waals surface area contributed by atoms with Crippen molar-refractivity contribution in [2.45, 2.75) is 46.3 Å². The smallest absolute Gasteiger partial charge is 0.295 e. The summed E-state index contributed by atoms with van der Waals surface area (Å²) >= 11 is 0. The molecule has 0 radical (unpaired) electrons. The third-order valence-corrected chi connectivity index (χ3v) is 6.86. The summed E-state index contributed by atoms with van der Waals surface area (Å²) in [7, 11) is 0. The van der Waals surface area contributed by atoms with E-state index in [1.807, 2.05) is 26.8 Å². The van der Waals surface area contributed by atoms with Gasteiger partial charge in [-0.2, -0.15) is 0 Å². The number of ketones is 1. The molecule has 0 aromatic heterocycles. The number of Topliss-reactive ketones (excluding diaryl/α,β-unsaturated/α-hetero) is 1. The van der Waals surface area contributed by atoms with E-state index in [-0.39, 0.29) is 28.9 Å². The second-order valence-electron chi connectivity index (χ2n) is 9.13. The number of benzene rings is 2. The number of amides is 1.